The van der Waals surface area contributed by atoms with Gasteiger partial charge in [0.15, 0.2) is 0 Å². The molecule has 2 heterocycles. The van der Waals surface area contributed by atoms with Crippen LogP contribution in [0.2, 0.25) is 0 Å². The van der Waals surface area contributed by atoms with Gasteiger partial charge < -0.3 is 10.6 Å². The average Bonchev–Trinajstić information content (AvgIpc) is 3.18. The number of aryl methyl sites for hydroxylation is 2. The van der Waals surface area contributed by atoms with Crippen molar-refractivity contribution in [2.45, 2.75) is 66.6 Å². The van der Waals surface area contributed by atoms with E-state index in [1.165, 1.54) is 15.0 Å². The minimum atomic E-state index is -0.567. The van der Waals surface area contributed by atoms with Gasteiger partial charge in [0.1, 0.15) is 6.54 Å². The largest absolute Gasteiger partial charge is 0.352 e. The molecule has 1 unspecified atom stereocenters. The molecule has 0 saturated heterocycles. The van der Waals surface area contributed by atoms with E-state index in [4.69, 9.17) is 0 Å². The van der Waals surface area contributed by atoms with E-state index in [1.807, 2.05) is 52.8 Å². The van der Waals surface area contributed by atoms with E-state index in [1.54, 1.807) is 18.2 Å². The van der Waals surface area contributed by atoms with Gasteiger partial charge in [-0.2, -0.15) is 0 Å². The number of benzene rings is 2. The molecule has 2 aromatic carbocycles. The highest BCUT2D eigenvalue weighted by Gasteiger charge is 2.20. The van der Waals surface area contributed by atoms with Gasteiger partial charge in [-0.1, -0.05) is 32.9 Å². The number of nitrogens with zero attached hydrogens (tertiary/aromatic N) is 4. The predicted molar refractivity (Wildman–Crippen MR) is 148 cm³/mol. The smallest absolute Gasteiger partial charge is 0.350 e. The first-order valence-corrected chi connectivity index (χ1v) is 12.9. The predicted octanol–water partition coefficient (Wildman–Crippen LogP) is 3.33. The molecule has 200 valence electrons. The Kier molecular flexibility index (Phi) is 7.80. The first-order chi connectivity index (χ1) is 18.1. The third-order valence-electron chi connectivity index (χ3n) is 6.56. The average molecular weight is 519 g/mol. The van der Waals surface area contributed by atoms with Crippen LogP contribution in [0, 0.1) is 12.8 Å². The molecule has 0 radical (unpaired) electrons. The quantitative estimate of drug-likeness (QED) is 0.352. The summed E-state index contributed by atoms with van der Waals surface area (Å²) in [7, 11) is 0. The Balaban J connectivity index is 1.83. The second kappa shape index (κ2) is 11.0. The highest BCUT2D eigenvalue weighted by molar-refractivity contribution is 5.98. The lowest BCUT2D eigenvalue weighted by atomic mass is 10.1. The molecule has 38 heavy (non-hydrogen) atoms. The number of hydrogen-bond acceptors (Lipinski definition) is 5. The van der Waals surface area contributed by atoms with Crippen LogP contribution >= 0.6 is 0 Å². The van der Waals surface area contributed by atoms with Gasteiger partial charge in [-0.25, -0.2) is 13.9 Å². The fourth-order valence-corrected chi connectivity index (χ4v) is 4.22. The third-order valence-corrected chi connectivity index (χ3v) is 6.56. The third kappa shape index (κ3) is 5.53. The zero-order chi connectivity index (χ0) is 27.6. The molecule has 4 rings (SSSR count). The van der Waals surface area contributed by atoms with Gasteiger partial charge in [-0.15, -0.1) is 5.10 Å². The van der Waals surface area contributed by atoms with Crippen molar-refractivity contribution in [1.29, 1.82) is 0 Å². The number of carbonyl (C=O) groups is 2. The monoisotopic (exact) mass is 518 g/mol. The summed E-state index contributed by atoms with van der Waals surface area (Å²) in [5, 5.41) is 10.4. The van der Waals surface area contributed by atoms with E-state index in [0.717, 1.165) is 16.7 Å². The Morgan fingerprint density at radius 2 is 1.82 bits per heavy atom. The maximum absolute atomic E-state index is 13.6. The molecule has 2 amide bonds. The van der Waals surface area contributed by atoms with Gasteiger partial charge in [0, 0.05) is 23.8 Å². The summed E-state index contributed by atoms with van der Waals surface area (Å²) in [5.74, 6) is -0.263. The number of rotatable bonds is 9. The van der Waals surface area contributed by atoms with Crippen LogP contribution in [-0.2, 0) is 17.9 Å². The molecule has 0 aliphatic carbocycles. The van der Waals surface area contributed by atoms with Crippen molar-refractivity contribution in [3.63, 3.8) is 0 Å². The summed E-state index contributed by atoms with van der Waals surface area (Å²) in [6.45, 7) is 9.91. The van der Waals surface area contributed by atoms with E-state index < -0.39 is 11.6 Å². The molecule has 2 N–H and O–H groups in total. The Hall–Kier alpha value is -4.21. The lowest BCUT2D eigenvalue weighted by Crippen LogP contribution is -2.32. The minimum absolute atomic E-state index is 0.0281. The molecule has 0 aliphatic rings. The zero-order valence-corrected chi connectivity index (χ0v) is 22.4. The SMILES string of the molecule is CCC(C)NC(=O)c1ccc2c(=O)n(CCC(C)C)c3nn(CC(=O)Nc4cccc(C)c4)c(=O)n3c2c1. The molecule has 2 aromatic heterocycles. The molecule has 4 aromatic rings. The summed E-state index contributed by atoms with van der Waals surface area (Å²) in [6.07, 6.45) is 1.46. The number of anilines is 1. The van der Waals surface area contributed by atoms with Crippen molar-refractivity contribution in [1.82, 2.24) is 24.1 Å². The molecule has 0 saturated carbocycles. The first-order valence-electron chi connectivity index (χ1n) is 12.9. The number of amides is 2. The van der Waals surface area contributed by atoms with Crippen LogP contribution in [-0.4, -0.2) is 36.6 Å². The highest BCUT2D eigenvalue weighted by Crippen LogP contribution is 2.16. The van der Waals surface area contributed by atoms with Crippen LogP contribution in [0.25, 0.3) is 16.7 Å². The maximum atomic E-state index is 13.6. The van der Waals surface area contributed by atoms with Crippen LogP contribution < -0.4 is 21.9 Å². The topological polar surface area (TPSA) is 120 Å². The second-order valence-electron chi connectivity index (χ2n) is 10.1. The molecule has 10 nitrogen and oxygen atoms in total. The van der Waals surface area contributed by atoms with E-state index >= 15 is 0 Å². The molecule has 0 fully saturated rings. The van der Waals surface area contributed by atoms with Crippen molar-refractivity contribution >= 4 is 34.2 Å². The summed E-state index contributed by atoms with van der Waals surface area (Å²) >= 11 is 0. The lowest BCUT2D eigenvalue weighted by molar-refractivity contribution is -0.117. The molecule has 1 atom stereocenters. The van der Waals surface area contributed by atoms with Crippen LogP contribution in [0.4, 0.5) is 5.69 Å². The summed E-state index contributed by atoms with van der Waals surface area (Å²) in [6, 6.07) is 12.0. The van der Waals surface area contributed by atoms with Gasteiger partial charge in [0.25, 0.3) is 11.5 Å². The lowest BCUT2D eigenvalue weighted by Gasteiger charge is -2.13. The highest BCUT2D eigenvalue weighted by atomic mass is 16.2. The van der Waals surface area contributed by atoms with E-state index in [-0.39, 0.29) is 35.3 Å². The Morgan fingerprint density at radius 1 is 1.05 bits per heavy atom. The van der Waals surface area contributed by atoms with Gasteiger partial charge in [0.05, 0.1) is 10.9 Å². The molecule has 0 aliphatic heterocycles. The van der Waals surface area contributed by atoms with Crippen molar-refractivity contribution < 1.29 is 9.59 Å². The normalized spacial score (nSPS) is 12.3. The van der Waals surface area contributed by atoms with Crippen LogP contribution in [0.1, 0.15) is 56.5 Å². The maximum Gasteiger partial charge on any atom is 0.352 e. The second-order valence-corrected chi connectivity index (χ2v) is 10.1. The van der Waals surface area contributed by atoms with Gasteiger partial charge in [0.2, 0.25) is 11.7 Å². The van der Waals surface area contributed by atoms with E-state index in [0.29, 0.717) is 35.5 Å². The van der Waals surface area contributed by atoms with Gasteiger partial charge in [-0.3, -0.25) is 19.0 Å². The fourth-order valence-electron chi connectivity index (χ4n) is 4.22. The first kappa shape index (κ1) is 26.8. The number of nitrogens with one attached hydrogen (secondary N) is 2. The van der Waals surface area contributed by atoms with Gasteiger partial charge >= 0.3 is 5.69 Å². The van der Waals surface area contributed by atoms with Crippen LogP contribution in [0.15, 0.2) is 52.1 Å². The number of hydrogen-bond donors (Lipinski definition) is 2. The fraction of sp³-hybridized carbons (Fsp3) is 0.393. The molecule has 0 spiro atoms. The van der Waals surface area contributed by atoms with E-state index in [2.05, 4.69) is 15.7 Å². The minimum Gasteiger partial charge on any atom is -0.350 e. The molecule has 0 bridgehead atoms. The molecular weight excluding hydrogens is 484 g/mol. The Labute approximate surface area is 220 Å². The summed E-state index contributed by atoms with van der Waals surface area (Å²) in [4.78, 5) is 52.6. The van der Waals surface area contributed by atoms with Crippen molar-refractivity contribution in [2.24, 2.45) is 5.92 Å². The van der Waals surface area contributed by atoms with Crippen LogP contribution in [0.5, 0.6) is 0 Å². The number of fused-ring (bicyclic) bond motifs is 3. The van der Waals surface area contributed by atoms with Crippen molar-refractivity contribution in [3.05, 3.63) is 74.4 Å². The summed E-state index contributed by atoms with van der Waals surface area (Å²) in [5.41, 5.74) is 1.34. The van der Waals surface area contributed by atoms with Crippen LogP contribution in [0.3, 0.4) is 0 Å². The summed E-state index contributed by atoms with van der Waals surface area (Å²) < 4.78 is 3.84. The van der Waals surface area contributed by atoms with Gasteiger partial charge in [-0.05, 0) is 68.5 Å². The van der Waals surface area contributed by atoms with Crippen molar-refractivity contribution in [3.8, 4) is 0 Å². The van der Waals surface area contributed by atoms with Crippen molar-refractivity contribution in [2.75, 3.05) is 5.32 Å². The van der Waals surface area contributed by atoms with E-state index in [9.17, 15) is 19.2 Å². The Bertz CT molecular complexity index is 1630. The number of carbonyl (C=O) groups excluding carboxylic acids is 2. The number of aromatic nitrogens is 4. The molecular formula is C28H34N6O4. The molecule has 10 heteroatoms. The Morgan fingerprint density at radius 3 is 2.50 bits per heavy atom. The standard InChI is InChI=1S/C28H34N6O4/c1-6-19(5)29-25(36)20-10-11-22-23(15-20)34-27(32(26(22)37)13-12-17(2)3)31-33(28(34)38)16-24(35)30-21-9-7-8-18(4)14-21/h7-11,14-15,17,19H,6,12-13,16H2,1-5H3,(H,29,36)(H,30,35). The zero-order valence-electron chi connectivity index (χ0n) is 22.4.